The van der Waals surface area contributed by atoms with Crippen LogP contribution in [0.4, 0.5) is 37.7 Å². The predicted octanol–water partition coefficient (Wildman–Crippen LogP) is 5.86. The topological polar surface area (TPSA) is 24.7 Å². The Morgan fingerprint density at radius 2 is 0.870 bits per heavy atom. The molecule has 2 nitrogen and oxygen atoms in total. The van der Waals surface area contributed by atoms with Crippen molar-refractivity contribution in [3.8, 4) is 0 Å². The van der Waals surface area contributed by atoms with Crippen LogP contribution < -0.4 is 0 Å². The first-order valence-corrected chi connectivity index (χ1v) is 6.17. The number of halogens is 6. The molecular formula is C15H8F6N2. The largest absolute Gasteiger partial charge is 0.416 e. The SMILES string of the molecule is FC(F)(F)c1ccc(N=C=Nc2ccc(C(F)(F)F)cc2)cc1. The summed E-state index contributed by atoms with van der Waals surface area (Å²) in [6, 6.07) is 10.2. The summed E-state index contributed by atoms with van der Waals surface area (Å²) in [6.07, 6.45) is -8.87. The molecular weight excluding hydrogens is 322 g/mol. The van der Waals surface area contributed by atoms with E-state index in [4.69, 9.17) is 0 Å². The van der Waals surface area contributed by atoms with E-state index in [0.717, 1.165) is 48.5 Å². The Hall–Kier alpha value is -2.60. The van der Waals surface area contributed by atoms with Gasteiger partial charge in [0.15, 0.2) is 0 Å². The fourth-order valence-electron chi connectivity index (χ4n) is 1.59. The van der Waals surface area contributed by atoms with Crippen molar-refractivity contribution in [3.05, 3.63) is 59.7 Å². The van der Waals surface area contributed by atoms with Crippen molar-refractivity contribution in [2.24, 2.45) is 9.98 Å². The van der Waals surface area contributed by atoms with Crippen LogP contribution in [0.3, 0.4) is 0 Å². The smallest absolute Gasteiger partial charge is 0.188 e. The van der Waals surface area contributed by atoms with E-state index in [0.29, 0.717) is 0 Å². The fourth-order valence-corrected chi connectivity index (χ4v) is 1.59. The highest BCUT2D eigenvalue weighted by Gasteiger charge is 2.30. The van der Waals surface area contributed by atoms with Gasteiger partial charge in [-0.2, -0.15) is 36.3 Å². The third kappa shape index (κ3) is 4.69. The number of hydrogen-bond acceptors (Lipinski definition) is 2. The molecule has 0 saturated carbocycles. The van der Waals surface area contributed by atoms with Gasteiger partial charge in [0.2, 0.25) is 0 Å². The highest BCUT2D eigenvalue weighted by atomic mass is 19.4. The molecule has 120 valence electrons. The van der Waals surface area contributed by atoms with Gasteiger partial charge in [0, 0.05) is 0 Å². The number of aliphatic imine (C=N–C) groups is 2. The molecule has 2 rings (SSSR count). The van der Waals surface area contributed by atoms with Crippen LogP contribution in [0.15, 0.2) is 58.5 Å². The van der Waals surface area contributed by atoms with Crippen molar-refractivity contribution >= 4 is 17.4 Å². The number of benzene rings is 2. The molecule has 0 bridgehead atoms. The van der Waals surface area contributed by atoms with Gasteiger partial charge in [0.25, 0.3) is 0 Å². The predicted molar refractivity (Wildman–Crippen MR) is 72.1 cm³/mol. The minimum Gasteiger partial charge on any atom is -0.188 e. The Balaban J connectivity index is 2.12. The second kappa shape index (κ2) is 6.26. The molecule has 0 heterocycles. The lowest BCUT2D eigenvalue weighted by molar-refractivity contribution is -0.138. The van der Waals surface area contributed by atoms with E-state index in [1.807, 2.05) is 0 Å². The van der Waals surface area contributed by atoms with E-state index in [-0.39, 0.29) is 11.4 Å². The summed E-state index contributed by atoms with van der Waals surface area (Å²) in [5.41, 5.74) is -1.24. The van der Waals surface area contributed by atoms with Crippen molar-refractivity contribution in [1.82, 2.24) is 0 Å². The molecule has 8 heteroatoms. The van der Waals surface area contributed by atoms with E-state index in [1.54, 1.807) is 0 Å². The Morgan fingerprint density at radius 1 is 0.565 bits per heavy atom. The van der Waals surface area contributed by atoms with Crippen molar-refractivity contribution in [2.75, 3.05) is 0 Å². The number of rotatable bonds is 2. The molecule has 0 amide bonds. The zero-order valence-corrected chi connectivity index (χ0v) is 11.3. The Labute approximate surface area is 126 Å². The highest BCUT2D eigenvalue weighted by molar-refractivity contribution is 5.58. The summed E-state index contributed by atoms with van der Waals surface area (Å²) in [6.45, 7) is 0. The Bertz CT molecular complexity index is 659. The quantitative estimate of drug-likeness (QED) is 0.486. The second-order valence-electron chi connectivity index (χ2n) is 4.41. The van der Waals surface area contributed by atoms with Crippen molar-refractivity contribution < 1.29 is 26.3 Å². The first kappa shape index (κ1) is 16.8. The average molecular weight is 330 g/mol. The van der Waals surface area contributed by atoms with Gasteiger partial charge in [-0.05, 0) is 48.5 Å². The summed E-state index contributed by atoms with van der Waals surface area (Å²) in [5.74, 6) is 0. The van der Waals surface area contributed by atoms with Crippen molar-refractivity contribution in [2.45, 2.75) is 12.4 Å². The van der Waals surface area contributed by atoms with Crippen LogP contribution in [-0.4, -0.2) is 6.01 Å². The van der Waals surface area contributed by atoms with Crippen LogP contribution in [0.1, 0.15) is 11.1 Å². The van der Waals surface area contributed by atoms with Gasteiger partial charge >= 0.3 is 12.4 Å². The van der Waals surface area contributed by atoms with Gasteiger partial charge in [0.05, 0.1) is 22.5 Å². The van der Waals surface area contributed by atoms with Crippen LogP contribution in [-0.2, 0) is 12.4 Å². The van der Waals surface area contributed by atoms with Gasteiger partial charge < -0.3 is 0 Å². The molecule has 2 aromatic carbocycles. The molecule has 0 saturated heterocycles. The first-order valence-electron chi connectivity index (χ1n) is 6.17. The standard InChI is InChI=1S/C15H8F6N2/c16-14(17,18)10-1-5-12(6-2-10)22-9-23-13-7-3-11(4-8-13)15(19,20)21/h1-8H. The monoisotopic (exact) mass is 330 g/mol. The lowest BCUT2D eigenvalue weighted by Gasteiger charge is -2.05. The normalized spacial score (nSPS) is 11.7. The van der Waals surface area contributed by atoms with E-state index in [9.17, 15) is 26.3 Å². The number of hydrogen-bond donors (Lipinski definition) is 0. The van der Waals surface area contributed by atoms with Gasteiger partial charge in [-0.15, -0.1) is 0 Å². The summed E-state index contributed by atoms with van der Waals surface area (Å²) in [4.78, 5) is 7.38. The van der Waals surface area contributed by atoms with Crippen LogP contribution >= 0.6 is 0 Å². The average Bonchev–Trinajstić information content (AvgIpc) is 2.46. The molecule has 0 aliphatic carbocycles. The summed E-state index contributed by atoms with van der Waals surface area (Å²) in [5, 5.41) is 0. The van der Waals surface area contributed by atoms with Crippen LogP contribution in [0, 0.1) is 0 Å². The van der Waals surface area contributed by atoms with Crippen LogP contribution in [0.25, 0.3) is 0 Å². The molecule has 0 fully saturated rings. The van der Waals surface area contributed by atoms with Crippen LogP contribution in [0.5, 0.6) is 0 Å². The number of alkyl halides is 6. The van der Waals surface area contributed by atoms with E-state index in [1.165, 1.54) is 0 Å². The van der Waals surface area contributed by atoms with Gasteiger partial charge in [0.1, 0.15) is 6.01 Å². The van der Waals surface area contributed by atoms with E-state index in [2.05, 4.69) is 16.0 Å². The molecule has 0 atom stereocenters. The summed E-state index contributed by atoms with van der Waals surface area (Å²) in [7, 11) is 0. The lowest BCUT2D eigenvalue weighted by Crippen LogP contribution is -2.03. The minimum atomic E-state index is -4.43. The third-order valence-corrected chi connectivity index (χ3v) is 2.75. The molecule has 0 N–H and O–H groups in total. The van der Waals surface area contributed by atoms with Gasteiger partial charge in [-0.3, -0.25) is 0 Å². The maximum Gasteiger partial charge on any atom is 0.416 e. The van der Waals surface area contributed by atoms with Crippen LogP contribution in [0.2, 0.25) is 0 Å². The molecule has 0 radical (unpaired) electrons. The molecule has 0 aliphatic heterocycles. The summed E-state index contributed by atoms with van der Waals surface area (Å²) < 4.78 is 74.2. The van der Waals surface area contributed by atoms with Gasteiger partial charge in [-0.25, -0.2) is 0 Å². The van der Waals surface area contributed by atoms with Gasteiger partial charge in [-0.1, -0.05) is 0 Å². The molecule has 0 spiro atoms. The maximum atomic E-state index is 12.4. The first-order chi connectivity index (χ1) is 10.7. The minimum absolute atomic E-state index is 0.189. The Morgan fingerprint density at radius 3 is 1.13 bits per heavy atom. The number of nitrogens with zero attached hydrogens (tertiary/aromatic N) is 2. The molecule has 23 heavy (non-hydrogen) atoms. The molecule has 0 aromatic heterocycles. The second-order valence-corrected chi connectivity index (χ2v) is 4.41. The molecule has 0 unspecified atom stereocenters. The third-order valence-electron chi connectivity index (χ3n) is 2.75. The summed E-state index contributed by atoms with van der Waals surface area (Å²) >= 11 is 0. The van der Waals surface area contributed by atoms with Crippen molar-refractivity contribution in [1.29, 1.82) is 0 Å². The zero-order valence-electron chi connectivity index (χ0n) is 11.3. The van der Waals surface area contributed by atoms with E-state index >= 15 is 0 Å². The highest BCUT2D eigenvalue weighted by Crippen LogP contribution is 2.31. The Kier molecular flexibility index (Phi) is 4.56. The zero-order chi connectivity index (χ0) is 17.1. The maximum absolute atomic E-state index is 12.4. The molecule has 0 aliphatic rings. The molecule has 2 aromatic rings. The van der Waals surface area contributed by atoms with Crippen molar-refractivity contribution in [3.63, 3.8) is 0 Å². The fraction of sp³-hybridized carbons (Fsp3) is 0.133. The lowest BCUT2D eigenvalue weighted by atomic mass is 10.2. The van der Waals surface area contributed by atoms with E-state index < -0.39 is 23.5 Å².